The predicted octanol–water partition coefficient (Wildman–Crippen LogP) is 3.53. The topological polar surface area (TPSA) is 93.1 Å². The number of rotatable bonds is 4. The molecule has 1 rings (SSSR count). The molecule has 21 heavy (non-hydrogen) atoms. The van der Waals surface area contributed by atoms with E-state index in [2.05, 4.69) is 4.52 Å². The van der Waals surface area contributed by atoms with Crippen molar-refractivity contribution in [3.63, 3.8) is 0 Å². The van der Waals surface area contributed by atoms with Gasteiger partial charge in [-0.05, 0) is 12.8 Å². The summed E-state index contributed by atoms with van der Waals surface area (Å²) < 4.78 is 63.2. The minimum atomic E-state index is -4.55. The molecular formula is C10H21F3O6P2. The molecule has 0 bridgehead atoms. The predicted molar refractivity (Wildman–Crippen MR) is 71.5 cm³/mol. The third-order valence-corrected chi connectivity index (χ3v) is 3.66. The molecule has 2 atom stereocenters. The summed E-state index contributed by atoms with van der Waals surface area (Å²) in [6.07, 6.45) is 0.865. The van der Waals surface area contributed by atoms with Crippen molar-refractivity contribution in [1.29, 1.82) is 0 Å². The fourth-order valence-electron chi connectivity index (χ4n) is 1.64. The summed E-state index contributed by atoms with van der Waals surface area (Å²) in [5, 5.41) is 0. The lowest BCUT2D eigenvalue weighted by Crippen LogP contribution is -2.15. The van der Waals surface area contributed by atoms with Gasteiger partial charge in [-0.1, -0.05) is 19.3 Å². The van der Waals surface area contributed by atoms with E-state index in [1.807, 2.05) is 0 Å². The molecule has 0 aliphatic heterocycles. The van der Waals surface area contributed by atoms with E-state index in [0.29, 0.717) is 6.66 Å². The Morgan fingerprint density at radius 3 is 1.81 bits per heavy atom. The molecule has 0 aromatic rings. The maximum atomic E-state index is 11.2. The van der Waals surface area contributed by atoms with Crippen molar-refractivity contribution in [1.82, 2.24) is 0 Å². The van der Waals surface area contributed by atoms with Crippen molar-refractivity contribution >= 4 is 15.2 Å². The second kappa shape index (κ2) is 8.65. The summed E-state index contributed by atoms with van der Waals surface area (Å²) in [7, 11) is -7.22. The highest BCUT2D eigenvalue weighted by molar-refractivity contribution is 7.52. The van der Waals surface area contributed by atoms with E-state index in [4.69, 9.17) is 14.3 Å². The van der Waals surface area contributed by atoms with Crippen LogP contribution in [0.25, 0.3) is 0 Å². The van der Waals surface area contributed by atoms with Crippen molar-refractivity contribution in [3.8, 4) is 0 Å². The van der Waals surface area contributed by atoms with Crippen LogP contribution in [0, 0.1) is 0 Å². The normalized spacial score (nSPS) is 22.6. The van der Waals surface area contributed by atoms with Gasteiger partial charge in [0.05, 0.1) is 6.10 Å². The third kappa shape index (κ3) is 16.3. The molecule has 0 spiro atoms. The Hall–Kier alpha value is 0.0900. The summed E-state index contributed by atoms with van der Waals surface area (Å²) in [4.78, 5) is 17.1. The fourth-order valence-corrected chi connectivity index (χ4v) is 2.79. The molecule has 1 aliphatic rings. The SMILES string of the molecule is CP(=O)(O)OC1CCCCC1.CP(=O)(O)OCC(F)(F)F. The monoisotopic (exact) mass is 356 g/mol. The molecule has 1 saturated carbocycles. The van der Waals surface area contributed by atoms with Crippen LogP contribution in [0.15, 0.2) is 0 Å². The average molecular weight is 356 g/mol. The van der Waals surface area contributed by atoms with Gasteiger partial charge in [0.1, 0.15) is 0 Å². The highest BCUT2D eigenvalue weighted by Gasteiger charge is 2.30. The zero-order valence-corrected chi connectivity index (χ0v) is 13.7. The number of halogens is 3. The van der Waals surface area contributed by atoms with E-state index in [1.54, 1.807) is 0 Å². The van der Waals surface area contributed by atoms with Gasteiger partial charge in [-0.15, -0.1) is 0 Å². The Balaban J connectivity index is 0.000000384. The molecule has 1 aliphatic carbocycles. The smallest absolute Gasteiger partial charge is 0.324 e. The van der Waals surface area contributed by atoms with Crippen LogP contribution >= 0.6 is 15.2 Å². The Morgan fingerprint density at radius 1 is 1.05 bits per heavy atom. The molecule has 0 heterocycles. The summed E-state index contributed by atoms with van der Waals surface area (Å²) in [6, 6.07) is 0. The maximum absolute atomic E-state index is 11.2. The van der Waals surface area contributed by atoms with E-state index >= 15 is 0 Å². The molecule has 6 nitrogen and oxygen atoms in total. The molecule has 0 radical (unpaired) electrons. The lowest BCUT2D eigenvalue weighted by atomic mass is 9.98. The van der Waals surface area contributed by atoms with Crippen molar-refractivity contribution in [2.75, 3.05) is 19.9 Å². The van der Waals surface area contributed by atoms with Crippen LogP contribution in [0.1, 0.15) is 32.1 Å². The first kappa shape index (κ1) is 21.1. The van der Waals surface area contributed by atoms with Crippen molar-refractivity contribution in [3.05, 3.63) is 0 Å². The number of hydrogen-bond donors (Lipinski definition) is 2. The fraction of sp³-hybridized carbons (Fsp3) is 1.00. The molecule has 2 N–H and O–H groups in total. The zero-order valence-electron chi connectivity index (χ0n) is 11.9. The van der Waals surface area contributed by atoms with Crippen LogP contribution in [0.5, 0.6) is 0 Å². The first-order chi connectivity index (χ1) is 9.29. The summed E-state index contributed by atoms with van der Waals surface area (Å²) >= 11 is 0. The standard InChI is InChI=1S/C7H15O3P.C3H6F3O3P/c1-11(8,9)10-7-5-3-2-4-6-7;1-10(7,8)9-2-3(4,5)6/h7H,2-6H2,1H3,(H,8,9);2H2,1H3,(H,7,8). The average Bonchev–Trinajstić information content (AvgIpc) is 2.24. The lowest BCUT2D eigenvalue weighted by molar-refractivity contribution is -0.154. The van der Waals surface area contributed by atoms with Crippen LogP contribution in [0.3, 0.4) is 0 Å². The summed E-state index contributed by atoms with van der Waals surface area (Å²) in [5.74, 6) is 0. The first-order valence-electron chi connectivity index (χ1n) is 6.29. The largest absolute Gasteiger partial charge is 0.412 e. The Kier molecular flexibility index (Phi) is 8.69. The van der Waals surface area contributed by atoms with Gasteiger partial charge in [0.2, 0.25) is 0 Å². The molecular weight excluding hydrogens is 335 g/mol. The van der Waals surface area contributed by atoms with Gasteiger partial charge < -0.3 is 14.3 Å². The second-order valence-corrected chi connectivity index (χ2v) is 8.54. The van der Waals surface area contributed by atoms with Gasteiger partial charge in [-0.3, -0.25) is 13.7 Å². The van der Waals surface area contributed by atoms with Gasteiger partial charge in [-0.2, -0.15) is 13.2 Å². The highest BCUT2D eigenvalue weighted by atomic mass is 31.2. The van der Waals surface area contributed by atoms with Gasteiger partial charge in [0.25, 0.3) is 0 Å². The van der Waals surface area contributed by atoms with Crippen molar-refractivity contribution in [2.45, 2.75) is 44.4 Å². The van der Waals surface area contributed by atoms with Crippen LogP contribution in [-0.2, 0) is 18.2 Å². The minimum absolute atomic E-state index is 0.0320. The molecule has 0 aromatic heterocycles. The van der Waals surface area contributed by atoms with Gasteiger partial charge in [0, 0.05) is 13.3 Å². The molecule has 11 heteroatoms. The van der Waals surface area contributed by atoms with Crippen LogP contribution < -0.4 is 0 Å². The first-order valence-corrected chi connectivity index (χ1v) is 10.3. The van der Waals surface area contributed by atoms with Gasteiger partial charge >= 0.3 is 21.4 Å². The summed E-state index contributed by atoms with van der Waals surface area (Å²) in [5.41, 5.74) is 0. The van der Waals surface area contributed by atoms with Gasteiger partial charge in [0.15, 0.2) is 6.61 Å². The van der Waals surface area contributed by atoms with Crippen LogP contribution in [0.2, 0.25) is 0 Å². The van der Waals surface area contributed by atoms with Gasteiger partial charge in [-0.25, -0.2) is 0 Å². The Bertz CT molecular complexity index is 383. The maximum Gasteiger partial charge on any atom is 0.412 e. The van der Waals surface area contributed by atoms with Crippen molar-refractivity contribution in [2.24, 2.45) is 0 Å². The highest BCUT2D eigenvalue weighted by Crippen LogP contribution is 2.41. The van der Waals surface area contributed by atoms with Crippen LogP contribution in [0.4, 0.5) is 13.2 Å². The third-order valence-electron chi connectivity index (χ3n) is 2.36. The van der Waals surface area contributed by atoms with Crippen LogP contribution in [-0.4, -0.2) is 42.0 Å². The van der Waals surface area contributed by atoms with E-state index in [-0.39, 0.29) is 6.10 Å². The zero-order chi connectivity index (χ0) is 16.7. The van der Waals surface area contributed by atoms with E-state index in [9.17, 15) is 22.3 Å². The number of hydrogen-bond acceptors (Lipinski definition) is 4. The molecule has 1 fully saturated rings. The molecule has 0 saturated heterocycles. The van der Waals surface area contributed by atoms with E-state index < -0.39 is 28.0 Å². The minimum Gasteiger partial charge on any atom is -0.324 e. The lowest BCUT2D eigenvalue weighted by Gasteiger charge is -2.22. The molecule has 2 unspecified atom stereocenters. The van der Waals surface area contributed by atoms with E-state index in [0.717, 1.165) is 25.7 Å². The molecule has 0 amide bonds. The second-order valence-electron chi connectivity index (χ2n) is 4.86. The summed E-state index contributed by atoms with van der Waals surface area (Å²) in [6.45, 7) is 0.262. The van der Waals surface area contributed by atoms with E-state index in [1.165, 1.54) is 13.1 Å². The number of alkyl halides is 3. The Labute approximate surface area is 121 Å². The van der Waals surface area contributed by atoms with Crippen molar-refractivity contribution < 1.29 is 41.1 Å². The Morgan fingerprint density at radius 2 is 1.52 bits per heavy atom. The molecule has 128 valence electrons. The quantitative estimate of drug-likeness (QED) is 0.749. The molecule has 0 aromatic carbocycles.